The van der Waals surface area contributed by atoms with Crippen LogP contribution in [0.15, 0.2) is 24.3 Å². The summed E-state index contributed by atoms with van der Waals surface area (Å²) in [6.07, 6.45) is 8.51. The molecule has 1 rings (SSSR count). The molecule has 0 radical (unpaired) electrons. The molecule has 0 saturated heterocycles. The van der Waals surface area contributed by atoms with Crippen molar-refractivity contribution in [3.63, 3.8) is 0 Å². The third kappa shape index (κ3) is 14.3. The smallest absolute Gasteiger partial charge is 0.335 e. The number of hydrogen-bond donors (Lipinski definition) is 4. The molecule has 156 valence electrons. The van der Waals surface area contributed by atoms with Crippen molar-refractivity contribution in [1.29, 1.82) is 0 Å². The number of unbranched alkanes of at least 4 members (excludes halogenated alkanes) is 7. The average molecular weight is 396 g/mol. The van der Waals surface area contributed by atoms with E-state index in [2.05, 4.69) is 0 Å². The van der Waals surface area contributed by atoms with Crippen LogP contribution in [0.2, 0.25) is 0 Å². The zero-order valence-corrected chi connectivity index (χ0v) is 15.8. The van der Waals surface area contributed by atoms with Crippen molar-refractivity contribution in [3.05, 3.63) is 35.4 Å². The van der Waals surface area contributed by atoms with Crippen molar-refractivity contribution in [1.82, 2.24) is 0 Å². The zero-order chi connectivity index (χ0) is 21.4. The molecule has 0 aliphatic rings. The molecule has 0 bridgehead atoms. The van der Waals surface area contributed by atoms with Crippen molar-refractivity contribution in [2.45, 2.75) is 64.2 Å². The Balaban J connectivity index is 0.000000540. The van der Waals surface area contributed by atoms with Crippen LogP contribution in [0.25, 0.3) is 0 Å². The van der Waals surface area contributed by atoms with Crippen LogP contribution >= 0.6 is 0 Å². The predicted molar refractivity (Wildman–Crippen MR) is 102 cm³/mol. The van der Waals surface area contributed by atoms with Gasteiger partial charge in [0.25, 0.3) is 0 Å². The van der Waals surface area contributed by atoms with E-state index in [1.165, 1.54) is 18.2 Å². The average Bonchev–Trinajstić information content (AvgIpc) is 2.63. The Labute approximate surface area is 163 Å². The summed E-state index contributed by atoms with van der Waals surface area (Å²) in [6, 6.07) is 5.20. The molecule has 0 fully saturated rings. The molecule has 0 saturated carbocycles. The number of hydrogen-bond acceptors (Lipinski definition) is 4. The van der Waals surface area contributed by atoms with Gasteiger partial charge in [-0.05, 0) is 31.0 Å². The summed E-state index contributed by atoms with van der Waals surface area (Å²) < 4.78 is 0. The summed E-state index contributed by atoms with van der Waals surface area (Å²) in [6.45, 7) is 0. The Kier molecular flexibility index (Phi) is 13.6. The quantitative estimate of drug-likeness (QED) is 0.363. The second kappa shape index (κ2) is 15.2. The SMILES string of the molecule is O=C(O)CCCCCCCCCCC(=O)O.O=C(O)c1cccc(C(=O)O)c1. The van der Waals surface area contributed by atoms with Gasteiger partial charge in [0, 0.05) is 12.8 Å². The van der Waals surface area contributed by atoms with Gasteiger partial charge in [-0.25, -0.2) is 9.59 Å². The van der Waals surface area contributed by atoms with Crippen LogP contribution in [-0.4, -0.2) is 44.3 Å². The van der Waals surface area contributed by atoms with E-state index in [9.17, 15) is 19.2 Å². The van der Waals surface area contributed by atoms with Gasteiger partial charge in [-0.3, -0.25) is 9.59 Å². The lowest BCUT2D eigenvalue weighted by Crippen LogP contribution is -2.01. The first-order valence-electron chi connectivity index (χ1n) is 9.24. The first kappa shape index (κ1) is 25.1. The third-order valence-corrected chi connectivity index (χ3v) is 3.89. The molecular weight excluding hydrogens is 368 g/mol. The van der Waals surface area contributed by atoms with E-state index >= 15 is 0 Å². The van der Waals surface area contributed by atoms with Crippen molar-refractivity contribution in [2.24, 2.45) is 0 Å². The van der Waals surface area contributed by atoms with Crippen molar-refractivity contribution < 1.29 is 39.6 Å². The second-order valence-electron chi connectivity index (χ2n) is 6.31. The van der Waals surface area contributed by atoms with Gasteiger partial charge in [0.2, 0.25) is 0 Å². The van der Waals surface area contributed by atoms with Gasteiger partial charge in [-0.15, -0.1) is 0 Å². The topological polar surface area (TPSA) is 149 Å². The Hall–Kier alpha value is -2.90. The van der Waals surface area contributed by atoms with Gasteiger partial charge < -0.3 is 20.4 Å². The molecule has 0 aliphatic carbocycles. The van der Waals surface area contributed by atoms with Crippen molar-refractivity contribution in [2.75, 3.05) is 0 Å². The summed E-state index contributed by atoms with van der Waals surface area (Å²) in [5.41, 5.74) is -0.0372. The van der Waals surface area contributed by atoms with Gasteiger partial charge >= 0.3 is 23.9 Å². The van der Waals surface area contributed by atoms with Gasteiger partial charge in [0.15, 0.2) is 0 Å². The van der Waals surface area contributed by atoms with Crippen molar-refractivity contribution >= 4 is 23.9 Å². The Morgan fingerprint density at radius 1 is 0.571 bits per heavy atom. The van der Waals surface area contributed by atoms with E-state index in [4.69, 9.17) is 20.4 Å². The van der Waals surface area contributed by atoms with Crippen LogP contribution in [0, 0.1) is 0 Å². The molecule has 0 amide bonds. The van der Waals surface area contributed by atoms with Gasteiger partial charge in [-0.2, -0.15) is 0 Å². The number of carboxylic acids is 4. The number of benzene rings is 1. The van der Waals surface area contributed by atoms with Gasteiger partial charge in [0.1, 0.15) is 0 Å². The molecule has 0 aromatic heterocycles. The fourth-order valence-electron chi connectivity index (χ4n) is 2.40. The molecule has 8 heteroatoms. The lowest BCUT2D eigenvalue weighted by Gasteiger charge is -2.00. The molecule has 28 heavy (non-hydrogen) atoms. The summed E-state index contributed by atoms with van der Waals surface area (Å²) in [7, 11) is 0. The first-order chi connectivity index (χ1) is 13.2. The maximum atomic E-state index is 10.4. The van der Waals surface area contributed by atoms with Gasteiger partial charge in [0.05, 0.1) is 11.1 Å². The van der Waals surface area contributed by atoms with Crippen LogP contribution in [-0.2, 0) is 9.59 Å². The highest BCUT2D eigenvalue weighted by molar-refractivity contribution is 5.93. The summed E-state index contributed by atoms with van der Waals surface area (Å²) in [4.78, 5) is 41.2. The molecule has 0 unspecified atom stereocenters. The highest BCUT2D eigenvalue weighted by atomic mass is 16.4. The summed E-state index contributed by atoms with van der Waals surface area (Å²) in [5.74, 6) is -3.68. The number of carbonyl (C=O) groups is 4. The van der Waals surface area contributed by atoms with Crippen molar-refractivity contribution in [3.8, 4) is 0 Å². The molecule has 0 spiro atoms. The first-order valence-corrected chi connectivity index (χ1v) is 9.24. The monoisotopic (exact) mass is 396 g/mol. The molecule has 4 N–H and O–H groups in total. The lowest BCUT2D eigenvalue weighted by molar-refractivity contribution is -0.138. The Morgan fingerprint density at radius 2 is 0.893 bits per heavy atom. The fourth-order valence-corrected chi connectivity index (χ4v) is 2.40. The Bertz CT molecular complexity index is 588. The van der Waals surface area contributed by atoms with E-state index in [-0.39, 0.29) is 24.0 Å². The third-order valence-electron chi connectivity index (χ3n) is 3.89. The van der Waals surface area contributed by atoms with Crippen LogP contribution in [0.1, 0.15) is 84.9 Å². The normalized spacial score (nSPS) is 9.86. The highest BCUT2D eigenvalue weighted by Gasteiger charge is 2.06. The summed E-state index contributed by atoms with van der Waals surface area (Å²) in [5, 5.41) is 33.8. The van der Waals surface area contributed by atoms with E-state index in [1.807, 2.05) is 0 Å². The van der Waals surface area contributed by atoms with Crippen LogP contribution in [0.5, 0.6) is 0 Å². The fraction of sp³-hybridized carbons (Fsp3) is 0.500. The molecule has 0 aliphatic heterocycles. The minimum Gasteiger partial charge on any atom is -0.481 e. The maximum Gasteiger partial charge on any atom is 0.335 e. The van der Waals surface area contributed by atoms with Gasteiger partial charge in [-0.1, -0.05) is 44.6 Å². The van der Waals surface area contributed by atoms with E-state index in [1.54, 1.807) is 0 Å². The minimum absolute atomic E-state index is 0.0186. The second-order valence-corrected chi connectivity index (χ2v) is 6.31. The predicted octanol–water partition coefficient (Wildman–Crippen LogP) is 4.14. The Morgan fingerprint density at radius 3 is 1.18 bits per heavy atom. The highest BCUT2D eigenvalue weighted by Crippen LogP contribution is 2.10. The van der Waals surface area contributed by atoms with Crippen LogP contribution < -0.4 is 0 Å². The van der Waals surface area contributed by atoms with E-state index < -0.39 is 23.9 Å². The van der Waals surface area contributed by atoms with Crippen LogP contribution in [0.4, 0.5) is 0 Å². The van der Waals surface area contributed by atoms with Crippen LogP contribution in [0.3, 0.4) is 0 Å². The largest absolute Gasteiger partial charge is 0.481 e. The maximum absolute atomic E-state index is 10.4. The number of carboxylic acid groups (broad SMARTS) is 4. The molecular formula is C20H28O8. The number of aromatic carboxylic acids is 2. The van der Waals surface area contributed by atoms with E-state index in [0.29, 0.717) is 0 Å². The number of rotatable bonds is 13. The zero-order valence-electron chi connectivity index (χ0n) is 15.8. The number of aliphatic carboxylic acids is 2. The molecule has 0 heterocycles. The lowest BCUT2D eigenvalue weighted by atomic mass is 10.1. The standard InChI is InChI=1S/C12H22O4.C8H6O4/c13-11(14)9-7-5-3-1-2-4-6-8-10-12(15)16;9-7(10)5-2-1-3-6(4-5)8(11)12/h1-10H2,(H,13,14)(H,15,16);1-4H,(H,9,10)(H,11,12). The molecule has 0 atom stereocenters. The molecule has 8 nitrogen and oxygen atoms in total. The molecule has 1 aromatic carbocycles. The van der Waals surface area contributed by atoms with E-state index in [0.717, 1.165) is 57.4 Å². The summed E-state index contributed by atoms with van der Waals surface area (Å²) >= 11 is 0. The molecule has 1 aromatic rings. The minimum atomic E-state index is -1.13.